The smallest absolute Gasteiger partial charge is 0.203 e. The summed E-state index contributed by atoms with van der Waals surface area (Å²) in [6, 6.07) is 14.5. The van der Waals surface area contributed by atoms with E-state index in [-0.39, 0.29) is 5.57 Å². The monoisotopic (exact) mass is 265 g/mol. The number of nitrogens with zero attached hydrogens (tertiary/aromatic N) is 1. The third kappa shape index (κ3) is 2.99. The lowest BCUT2D eigenvalue weighted by molar-refractivity contribution is 0.104. The molecular formula is C17H12FNO. The number of benzene rings is 2. The zero-order valence-corrected chi connectivity index (χ0v) is 10.9. The molecule has 0 aliphatic carbocycles. The minimum absolute atomic E-state index is 0.0332. The van der Waals surface area contributed by atoms with Crippen molar-refractivity contribution in [1.82, 2.24) is 0 Å². The Hall–Kier alpha value is -2.73. The second-order valence-corrected chi connectivity index (χ2v) is 4.36. The number of halogens is 1. The van der Waals surface area contributed by atoms with Gasteiger partial charge in [-0.15, -0.1) is 0 Å². The first-order chi connectivity index (χ1) is 9.61. The van der Waals surface area contributed by atoms with Gasteiger partial charge in [-0.25, -0.2) is 4.39 Å². The molecule has 2 rings (SSSR count). The molecule has 2 aromatic carbocycles. The Bertz CT molecular complexity index is 709. The number of hydrogen-bond donors (Lipinski definition) is 0. The van der Waals surface area contributed by atoms with E-state index in [1.807, 2.05) is 37.3 Å². The van der Waals surface area contributed by atoms with Crippen LogP contribution >= 0.6 is 0 Å². The number of Topliss-reactive ketones (excluding diaryl/α,β-unsaturated/α-hetero) is 1. The summed E-state index contributed by atoms with van der Waals surface area (Å²) in [5, 5.41) is 9.15. The van der Waals surface area contributed by atoms with E-state index in [1.165, 1.54) is 24.3 Å². The zero-order chi connectivity index (χ0) is 14.5. The summed E-state index contributed by atoms with van der Waals surface area (Å²) in [4.78, 5) is 12.2. The van der Waals surface area contributed by atoms with Crippen LogP contribution in [0.1, 0.15) is 21.5 Å². The van der Waals surface area contributed by atoms with Crippen LogP contribution in [0.4, 0.5) is 4.39 Å². The Morgan fingerprint density at radius 2 is 1.80 bits per heavy atom. The molecule has 0 bridgehead atoms. The van der Waals surface area contributed by atoms with Gasteiger partial charge in [-0.3, -0.25) is 4.79 Å². The molecule has 20 heavy (non-hydrogen) atoms. The molecule has 0 amide bonds. The highest BCUT2D eigenvalue weighted by Crippen LogP contribution is 2.15. The highest BCUT2D eigenvalue weighted by Gasteiger charge is 2.12. The number of aryl methyl sites for hydroxylation is 1. The molecular weight excluding hydrogens is 253 g/mol. The first kappa shape index (κ1) is 13.7. The molecule has 0 unspecified atom stereocenters. The summed E-state index contributed by atoms with van der Waals surface area (Å²) in [6.07, 6.45) is 1.56. The van der Waals surface area contributed by atoms with Gasteiger partial charge in [0.25, 0.3) is 0 Å². The molecule has 0 aromatic heterocycles. The van der Waals surface area contributed by atoms with Crippen LogP contribution in [0.25, 0.3) is 6.08 Å². The molecule has 0 spiro atoms. The zero-order valence-electron chi connectivity index (χ0n) is 10.9. The van der Waals surface area contributed by atoms with Crippen molar-refractivity contribution in [3.63, 3.8) is 0 Å². The largest absolute Gasteiger partial charge is 0.288 e. The molecule has 2 aromatic rings. The van der Waals surface area contributed by atoms with Gasteiger partial charge in [-0.05, 0) is 48.4 Å². The molecule has 2 nitrogen and oxygen atoms in total. The molecule has 0 saturated heterocycles. The summed E-state index contributed by atoms with van der Waals surface area (Å²) >= 11 is 0. The quantitative estimate of drug-likeness (QED) is 0.479. The fourth-order valence-corrected chi connectivity index (χ4v) is 1.81. The van der Waals surface area contributed by atoms with Gasteiger partial charge >= 0.3 is 0 Å². The van der Waals surface area contributed by atoms with Gasteiger partial charge in [0.1, 0.15) is 17.5 Å². The van der Waals surface area contributed by atoms with Crippen LogP contribution in [0.3, 0.4) is 0 Å². The van der Waals surface area contributed by atoms with Gasteiger partial charge in [0.15, 0.2) is 0 Å². The van der Waals surface area contributed by atoms with E-state index in [4.69, 9.17) is 5.26 Å². The number of nitriles is 1. The molecule has 3 heteroatoms. The van der Waals surface area contributed by atoms with Gasteiger partial charge in [-0.2, -0.15) is 5.26 Å². The molecule has 0 aliphatic heterocycles. The summed E-state index contributed by atoms with van der Waals surface area (Å²) < 4.78 is 12.8. The van der Waals surface area contributed by atoms with Crippen molar-refractivity contribution in [1.29, 1.82) is 5.26 Å². The maximum absolute atomic E-state index is 12.8. The van der Waals surface area contributed by atoms with Crippen molar-refractivity contribution in [3.8, 4) is 6.07 Å². The molecule has 0 aliphatic rings. The highest BCUT2D eigenvalue weighted by atomic mass is 19.1. The van der Waals surface area contributed by atoms with Crippen LogP contribution in [-0.2, 0) is 0 Å². The Labute approximate surface area is 116 Å². The maximum Gasteiger partial charge on any atom is 0.203 e. The lowest BCUT2D eigenvalue weighted by Crippen LogP contribution is -2.02. The second-order valence-electron chi connectivity index (χ2n) is 4.36. The molecule has 0 radical (unpaired) electrons. The normalized spacial score (nSPS) is 10.9. The van der Waals surface area contributed by atoms with E-state index in [0.717, 1.165) is 11.1 Å². The number of hydrogen-bond acceptors (Lipinski definition) is 2. The topological polar surface area (TPSA) is 40.9 Å². The SMILES string of the molecule is Cc1ccccc1/C=C(\C#N)C(=O)c1ccc(F)cc1. The van der Waals surface area contributed by atoms with Crippen molar-refractivity contribution in [2.45, 2.75) is 6.92 Å². The lowest BCUT2D eigenvalue weighted by atomic mass is 10.00. The summed E-state index contributed by atoms with van der Waals surface area (Å²) in [5.41, 5.74) is 2.13. The number of carbonyl (C=O) groups is 1. The van der Waals surface area contributed by atoms with Crippen LogP contribution in [0.2, 0.25) is 0 Å². The fourth-order valence-electron chi connectivity index (χ4n) is 1.81. The van der Waals surface area contributed by atoms with Gasteiger partial charge < -0.3 is 0 Å². The first-order valence-corrected chi connectivity index (χ1v) is 6.09. The number of allylic oxidation sites excluding steroid dienone is 1. The number of ketones is 1. The summed E-state index contributed by atoms with van der Waals surface area (Å²) in [5.74, 6) is -0.821. The van der Waals surface area contributed by atoms with E-state index >= 15 is 0 Å². The maximum atomic E-state index is 12.8. The van der Waals surface area contributed by atoms with Gasteiger partial charge in [0.2, 0.25) is 5.78 Å². The Kier molecular flexibility index (Phi) is 4.07. The summed E-state index contributed by atoms with van der Waals surface area (Å²) in [6.45, 7) is 1.91. The van der Waals surface area contributed by atoms with Crippen molar-refractivity contribution in [3.05, 3.63) is 76.6 Å². The van der Waals surface area contributed by atoms with Crippen molar-refractivity contribution in [2.75, 3.05) is 0 Å². The standard InChI is InChI=1S/C17H12FNO/c1-12-4-2-3-5-14(12)10-15(11-19)17(20)13-6-8-16(18)9-7-13/h2-10H,1H3/b15-10+. The molecule has 0 heterocycles. The fraction of sp³-hybridized carbons (Fsp3) is 0.0588. The van der Waals surface area contributed by atoms with Crippen molar-refractivity contribution >= 4 is 11.9 Å². The average Bonchev–Trinajstić information content (AvgIpc) is 2.46. The summed E-state index contributed by atoms with van der Waals surface area (Å²) in [7, 11) is 0. The average molecular weight is 265 g/mol. The molecule has 0 N–H and O–H groups in total. The molecule has 0 fully saturated rings. The van der Waals surface area contributed by atoms with Gasteiger partial charge in [0, 0.05) is 5.56 Å². The predicted molar refractivity (Wildman–Crippen MR) is 75.5 cm³/mol. The predicted octanol–water partition coefficient (Wildman–Crippen LogP) is 3.92. The van der Waals surface area contributed by atoms with Crippen molar-refractivity contribution in [2.24, 2.45) is 0 Å². The third-order valence-corrected chi connectivity index (χ3v) is 2.96. The van der Waals surface area contributed by atoms with Crippen LogP contribution in [0.5, 0.6) is 0 Å². The van der Waals surface area contributed by atoms with Crippen LogP contribution < -0.4 is 0 Å². The highest BCUT2D eigenvalue weighted by molar-refractivity contribution is 6.14. The van der Waals surface area contributed by atoms with Crippen molar-refractivity contribution < 1.29 is 9.18 Å². The van der Waals surface area contributed by atoms with Crippen LogP contribution in [-0.4, -0.2) is 5.78 Å². The first-order valence-electron chi connectivity index (χ1n) is 6.09. The van der Waals surface area contributed by atoms with E-state index < -0.39 is 11.6 Å². The Morgan fingerprint density at radius 1 is 1.15 bits per heavy atom. The van der Waals surface area contributed by atoms with E-state index in [9.17, 15) is 9.18 Å². The number of carbonyl (C=O) groups excluding carboxylic acids is 1. The van der Waals surface area contributed by atoms with Crippen LogP contribution in [0, 0.1) is 24.1 Å². The Balaban J connectivity index is 2.38. The molecule has 0 atom stereocenters. The lowest BCUT2D eigenvalue weighted by Gasteiger charge is -2.02. The Morgan fingerprint density at radius 3 is 2.40 bits per heavy atom. The van der Waals surface area contributed by atoms with E-state index in [0.29, 0.717) is 5.56 Å². The minimum Gasteiger partial charge on any atom is -0.288 e. The number of rotatable bonds is 3. The minimum atomic E-state index is -0.414. The van der Waals surface area contributed by atoms with Gasteiger partial charge in [0.05, 0.1) is 0 Å². The van der Waals surface area contributed by atoms with E-state index in [1.54, 1.807) is 6.08 Å². The molecule has 98 valence electrons. The molecule has 0 saturated carbocycles. The van der Waals surface area contributed by atoms with Gasteiger partial charge in [-0.1, -0.05) is 24.3 Å². The second kappa shape index (κ2) is 5.94. The van der Waals surface area contributed by atoms with E-state index in [2.05, 4.69) is 0 Å². The third-order valence-electron chi connectivity index (χ3n) is 2.96. The van der Waals surface area contributed by atoms with Crippen LogP contribution in [0.15, 0.2) is 54.1 Å².